The second-order valence-electron chi connectivity index (χ2n) is 4.82. The highest BCUT2D eigenvalue weighted by atomic mass is 79.9. The Balaban J connectivity index is 2.14. The number of hydrogen-bond donors (Lipinski definition) is 1. The van der Waals surface area contributed by atoms with Crippen LogP contribution in [-0.4, -0.2) is 25.0 Å². The highest BCUT2D eigenvalue weighted by molar-refractivity contribution is 9.10. The van der Waals surface area contributed by atoms with Crippen molar-refractivity contribution in [2.75, 3.05) is 5.73 Å². The number of pyridine rings is 1. The van der Waals surface area contributed by atoms with Crippen LogP contribution in [0.15, 0.2) is 15.3 Å². The van der Waals surface area contributed by atoms with E-state index in [0.29, 0.717) is 21.5 Å². The van der Waals surface area contributed by atoms with E-state index >= 15 is 0 Å². The van der Waals surface area contributed by atoms with Crippen LogP contribution in [-0.2, 0) is 6.54 Å². The molecular weight excluding hydrogens is 418 g/mol. The Hall–Kier alpha value is -1.81. The molecule has 0 unspecified atom stereocenters. The van der Waals surface area contributed by atoms with Gasteiger partial charge in [0.15, 0.2) is 17.4 Å². The van der Waals surface area contributed by atoms with Gasteiger partial charge in [0.2, 0.25) is 11.6 Å². The zero-order valence-electron chi connectivity index (χ0n) is 11.7. The number of nitrogens with two attached hydrogens (primary N) is 1. The molecule has 3 aromatic heterocycles. The highest BCUT2D eigenvalue weighted by Gasteiger charge is 2.19. The molecule has 0 bridgehead atoms. The van der Waals surface area contributed by atoms with Gasteiger partial charge < -0.3 is 10.9 Å². The van der Waals surface area contributed by atoms with Gasteiger partial charge in [0.05, 0.1) is 0 Å². The largest absolute Gasteiger partial charge is 0.618 e. The van der Waals surface area contributed by atoms with Crippen molar-refractivity contribution in [1.29, 1.82) is 0 Å². The van der Waals surface area contributed by atoms with Crippen LogP contribution >= 0.6 is 31.9 Å². The van der Waals surface area contributed by atoms with Gasteiger partial charge in [0, 0.05) is 15.6 Å². The first-order chi connectivity index (χ1) is 10.4. The molecule has 22 heavy (non-hydrogen) atoms. The maximum atomic E-state index is 12.2. The van der Waals surface area contributed by atoms with Crippen LogP contribution in [0.3, 0.4) is 0 Å². The summed E-state index contributed by atoms with van der Waals surface area (Å²) in [5.74, 6) is 0.111. The van der Waals surface area contributed by atoms with Gasteiger partial charge in [-0.3, -0.25) is 0 Å². The molecule has 3 aromatic rings. The van der Waals surface area contributed by atoms with Gasteiger partial charge in [-0.2, -0.15) is 9.71 Å². The third-order valence-corrected chi connectivity index (χ3v) is 5.10. The lowest BCUT2D eigenvalue weighted by molar-refractivity contribution is -0.615. The average molecular weight is 429 g/mol. The first kappa shape index (κ1) is 15.1. The summed E-state index contributed by atoms with van der Waals surface area (Å²) in [7, 11) is 0. The van der Waals surface area contributed by atoms with Gasteiger partial charge in [0.1, 0.15) is 11.1 Å². The monoisotopic (exact) mass is 427 g/mol. The summed E-state index contributed by atoms with van der Waals surface area (Å²) >= 11 is 6.77. The maximum Gasteiger partial charge on any atom is 0.223 e. The third kappa shape index (κ3) is 2.41. The molecule has 0 fully saturated rings. The predicted octanol–water partition coefficient (Wildman–Crippen LogP) is 1.63. The van der Waals surface area contributed by atoms with E-state index < -0.39 is 0 Å². The lowest BCUT2D eigenvalue weighted by Gasteiger charge is -2.11. The fourth-order valence-electron chi connectivity index (χ4n) is 2.17. The van der Waals surface area contributed by atoms with Crippen LogP contribution in [0.4, 0.5) is 5.95 Å². The van der Waals surface area contributed by atoms with E-state index in [1.165, 1.54) is 10.9 Å². The lowest BCUT2D eigenvalue weighted by Crippen LogP contribution is -2.34. The van der Waals surface area contributed by atoms with Gasteiger partial charge in [-0.25, -0.2) is 9.67 Å². The summed E-state index contributed by atoms with van der Waals surface area (Å²) < 4.78 is 3.73. The summed E-state index contributed by atoms with van der Waals surface area (Å²) in [5.41, 5.74) is 8.89. The van der Waals surface area contributed by atoms with Gasteiger partial charge in [-0.15, -0.1) is 5.10 Å². The lowest BCUT2D eigenvalue weighted by atomic mass is 10.1. The number of aryl methyl sites for hydroxylation is 1. The van der Waals surface area contributed by atoms with Crippen molar-refractivity contribution in [1.82, 2.24) is 25.0 Å². The van der Waals surface area contributed by atoms with E-state index in [0.717, 1.165) is 20.3 Å². The first-order valence-electron chi connectivity index (χ1n) is 6.28. The van der Waals surface area contributed by atoms with Crippen LogP contribution in [0.2, 0.25) is 0 Å². The van der Waals surface area contributed by atoms with Crippen molar-refractivity contribution >= 4 is 49.0 Å². The minimum Gasteiger partial charge on any atom is -0.618 e. The Morgan fingerprint density at radius 2 is 2.05 bits per heavy atom. The average Bonchev–Trinajstić information content (AvgIpc) is 2.84. The second kappa shape index (κ2) is 5.43. The second-order valence-corrected chi connectivity index (χ2v) is 6.36. The topological polar surface area (TPSA) is 109 Å². The fourth-order valence-corrected chi connectivity index (χ4v) is 2.94. The molecule has 0 saturated heterocycles. The minimum atomic E-state index is 0.111. The van der Waals surface area contributed by atoms with E-state index in [9.17, 15) is 5.21 Å². The molecule has 114 valence electrons. The number of fused-ring (bicyclic) bond motifs is 1. The van der Waals surface area contributed by atoms with E-state index in [2.05, 4.69) is 52.1 Å². The molecule has 0 radical (unpaired) electrons. The number of anilines is 1. The predicted molar refractivity (Wildman–Crippen MR) is 86.9 cm³/mol. The Kier molecular flexibility index (Phi) is 3.73. The number of aromatic nitrogens is 6. The Bertz CT molecular complexity index is 893. The zero-order chi connectivity index (χ0) is 16.0. The van der Waals surface area contributed by atoms with Gasteiger partial charge in [-0.05, 0) is 45.7 Å². The number of hydrogen-bond acceptors (Lipinski definition) is 6. The summed E-state index contributed by atoms with van der Waals surface area (Å²) in [5, 5.41) is 20.2. The smallest absolute Gasteiger partial charge is 0.223 e. The third-order valence-electron chi connectivity index (χ3n) is 3.32. The Morgan fingerprint density at radius 1 is 1.32 bits per heavy atom. The van der Waals surface area contributed by atoms with Gasteiger partial charge in [-0.1, -0.05) is 5.21 Å². The van der Waals surface area contributed by atoms with Crippen LogP contribution in [0.5, 0.6) is 0 Å². The summed E-state index contributed by atoms with van der Waals surface area (Å²) in [4.78, 5) is 8.12. The van der Waals surface area contributed by atoms with Crippen molar-refractivity contribution in [2.24, 2.45) is 0 Å². The first-order valence-corrected chi connectivity index (χ1v) is 7.87. The Labute approximate surface area is 142 Å². The number of nitrogen functional groups attached to an aromatic ring is 1. The van der Waals surface area contributed by atoms with Crippen LogP contribution in [0, 0.1) is 19.1 Å². The van der Waals surface area contributed by atoms with E-state index in [4.69, 9.17) is 5.73 Å². The molecule has 3 heterocycles. The molecule has 0 aliphatic carbocycles. The molecule has 0 atom stereocenters. The number of nitrogens with zero attached hydrogens (tertiary/aromatic N) is 6. The Morgan fingerprint density at radius 3 is 2.77 bits per heavy atom. The molecule has 0 aliphatic rings. The van der Waals surface area contributed by atoms with Crippen molar-refractivity contribution < 1.29 is 4.73 Å². The summed E-state index contributed by atoms with van der Waals surface area (Å²) in [6.07, 6.45) is 1.52. The fraction of sp³-hybridized carbons (Fsp3) is 0.250. The molecule has 0 spiro atoms. The molecular formula is C12H11Br2N7O. The molecule has 0 amide bonds. The zero-order valence-corrected chi connectivity index (χ0v) is 14.9. The highest BCUT2D eigenvalue weighted by Crippen LogP contribution is 2.23. The standard InChI is InChI=1S/C12H11Br2N7O/c1-5-3-21(22)7(6(2)8(5)13)4-20-11-9(18-19-20)10(14)16-12(15)17-11/h3H,4H2,1-2H3,(H2,15,16,17). The van der Waals surface area contributed by atoms with Crippen LogP contribution in [0.25, 0.3) is 11.2 Å². The quantitative estimate of drug-likeness (QED) is 0.377. The van der Waals surface area contributed by atoms with Crippen LogP contribution < -0.4 is 10.5 Å². The van der Waals surface area contributed by atoms with Crippen molar-refractivity contribution in [3.05, 3.63) is 37.3 Å². The van der Waals surface area contributed by atoms with Crippen molar-refractivity contribution in [3.8, 4) is 0 Å². The van der Waals surface area contributed by atoms with E-state index in [1.54, 1.807) is 0 Å². The molecule has 0 saturated carbocycles. The van der Waals surface area contributed by atoms with E-state index in [-0.39, 0.29) is 12.5 Å². The van der Waals surface area contributed by atoms with E-state index in [1.807, 2.05) is 13.8 Å². The normalized spacial score (nSPS) is 11.3. The van der Waals surface area contributed by atoms with Crippen molar-refractivity contribution in [3.63, 3.8) is 0 Å². The SMILES string of the molecule is Cc1c[n+]([O-])c(Cn2nnc3c(Br)nc(N)nc32)c(C)c1Br. The molecule has 0 aromatic carbocycles. The molecule has 8 nitrogen and oxygen atoms in total. The summed E-state index contributed by atoms with van der Waals surface area (Å²) in [6, 6.07) is 0. The van der Waals surface area contributed by atoms with Gasteiger partial charge in [0.25, 0.3) is 0 Å². The molecule has 0 aliphatic heterocycles. The number of rotatable bonds is 2. The molecule has 2 N–H and O–H groups in total. The van der Waals surface area contributed by atoms with Gasteiger partial charge >= 0.3 is 0 Å². The maximum absolute atomic E-state index is 12.2. The number of halogens is 2. The minimum absolute atomic E-state index is 0.111. The van der Waals surface area contributed by atoms with Crippen molar-refractivity contribution in [2.45, 2.75) is 20.4 Å². The molecule has 3 rings (SSSR count). The summed E-state index contributed by atoms with van der Waals surface area (Å²) in [6.45, 7) is 3.97. The molecule has 10 heteroatoms. The van der Waals surface area contributed by atoms with Crippen LogP contribution in [0.1, 0.15) is 16.8 Å².